The molecule has 0 radical (unpaired) electrons. The molecule has 9 heteroatoms. The molecule has 3 aromatic rings. The van der Waals surface area contributed by atoms with E-state index in [2.05, 4.69) is 20.4 Å². The lowest BCUT2D eigenvalue weighted by atomic mass is 10.3. The lowest BCUT2D eigenvalue weighted by Gasteiger charge is -2.16. The van der Waals surface area contributed by atoms with Gasteiger partial charge in [-0.05, 0) is 25.5 Å². The number of aryl methyl sites for hydroxylation is 1. The number of nitrogens with zero attached hydrogens (tertiary/aromatic N) is 5. The SMILES string of the molecule is Cc1nc2cc(NC(=O)N3CC[C@@H](O)C3)nc(-c3ccco3)n2n1. The zero-order valence-corrected chi connectivity index (χ0v) is 13.0. The van der Waals surface area contributed by atoms with E-state index in [0.29, 0.717) is 48.4 Å². The Morgan fingerprint density at radius 1 is 1.46 bits per heavy atom. The summed E-state index contributed by atoms with van der Waals surface area (Å²) in [5.74, 6) is 1.93. The van der Waals surface area contributed by atoms with E-state index in [1.54, 1.807) is 40.8 Å². The summed E-state index contributed by atoms with van der Waals surface area (Å²) in [4.78, 5) is 22.6. The maximum Gasteiger partial charge on any atom is 0.323 e. The van der Waals surface area contributed by atoms with Crippen LogP contribution in [0.15, 0.2) is 28.9 Å². The number of aromatic nitrogens is 4. The Morgan fingerprint density at radius 2 is 2.33 bits per heavy atom. The smallest absolute Gasteiger partial charge is 0.323 e. The predicted molar refractivity (Wildman–Crippen MR) is 84.4 cm³/mol. The third kappa shape index (κ3) is 2.58. The molecule has 1 aliphatic heterocycles. The van der Waals surface area contributed by atoms with Crippen LogP contribution in [0.25, 0.3) is 17.2 Å². The summed E-state index contributed by atoms with van der Waals surface area (Å²) in [5, 5.41) is 16.6. The highest BCUT2D eigenvalue weighted by Gasteiger charge is 2.25. The van der Waals surface area contributed by atoms with E-state index in [1.807, 2.05) is 0 Å². The number of rotatable bonds is 2. The van der Waals surface area contributed by atoms with Gasteiger partial charge in [-0.2, -0.15) is 4.52 Å². The van der Waals surface area contributed by atoms with Crippen LogP contribution in [-0.4, -0.2) is 54.8 Å². The average Bonchev–Trinajstić information content (AvgIpc) is 3.25. The maximum absolute atomic E-state index is 12.3. The first-order valence-corrected chi connectivity index (χ1v) is 7.62. The van der Waals surface area contributed by atoms with E-state index >= 15 is 0 Å². The van der Waals surface area contributed by atoms with Crippen LogP contribution in [0.3, 0.4) is 0 Å². The van der Waals surface area contributed by atoms with Crippen LogP contribution in [-0.2, 0) is 0 Å². The van der Waals surface area contributed by atoms with Gasteiger partial charge in [-0.25, -0.2) is 14.8 Å². The van der Waals surface area contributed by atoms with Crippen molar-refractivity contribution in [3.05, 3.63) is 30.3 Å². The summed E-state index contributed by atoms with van der Waals surface area (Å²) in [6.07, 6.45) is 1.66. The van der Waals surface area contributed by atoms with E-state index in [9.17, 15) is 9.90 Å². The molecule has 9 nitrogen and oxygen atoms in total. The van der Waals surface area contributed by atoms with Crippen molar-refractivity contribution in [1.82, 2.24) is 24.5 Å². The number of aliphatic hydroxyl groups excluding tert-OH is 1. The number of nitrogens with one attached hydrogen (secondary N) is 1. The predicted octanol–water partition coefficient (Wildman–Crippen LogP) is 1.29. The van der Waals surface area contributed by atoms with Crippen molar-refractivity contribution in [1.29, 1.82) is 0 Å². The van der Waals surface area contributed by atoms with E-state index in [0.717, 1.165) is 0 Å². The Morgan fingerprint density at radius 3 is 3.04 bits per heavy atom. The monoisotopic (exact) mass is 328 g/mol. The molecule has 4 rings (SSSR count). The molecule has 3 aromatic heterocycles. The molecule has 0 aromatic carbocycles. The summed E-state index contributed by atoms with van der Waals surface area (Å²) in [5.41, 5.74) is 0.561. The summed E-state index contributed by atoms with van der Waals surface area (Å²) < 4.78 is 6.98. The first-order valence-electron chi connectivity index (χ1n) is 7.62. The number of carbonyl (C=O) groups excluding carboxylic acids is 1. The van der Waals surface area contributed by atoms with Crippen LogP contribution in [0.5, 0.6) is 0 Å². The zero-order chi connectivity index (χ0) is 16.7. The van der Waals surface area contributed by atoms with Crippen molar-refractivity contribution >= 4 is 17.5 Å². The number of aliphatic hydroxyl groups is 1. The van der Waals surface area contributed by atoms with E-state index in [1.165, 1.54) is 0 Å². The zero-order valence-electron chi connectivity index (χ0n) is 13.0. The molecule has 24 heavy (non-hydrogen) atoms. The quantitative estimate of drug-likeness (QED) is 0.734. The fourth-order valence-electron chi connectivity index (χ4n) is 2.74. The van der Waals surface area contributed by atoms with Gasteiger partial charge in [-0.1, -0.05) is 0 Å². The molecular weight excluding hydrogens is 312 g/mol. The molecule has 0 saturated carbocycles. The van der Waals surface area contributed by atoms with Crippen molar-refractivity contribution in [3.8, 4) is 11.6 Å². The molecule has 1 atom stereocenters. The van der Waals surface area contributed by atoms with Gasteiger partial charge < -0.3 is 14.4 Å². The third-order valence-corrected chi connectivity index (χ3v) is 3.86. The van der Waals surface area contributed by atoms with Crippen LogP contribution in [0, 0.1) is 6.92 Å². The van der Waals surface area contributed by atoms with Crippen molar-refractivity contribution in [2.45, 2.75) is 19.4 Å². The normalized spacial score (nSPS) is 17.6. The molecule has 1 fully saturated rings. The van der Waals surface area contributed by atoms with Crippen LogP contribution < -0.4 is 5.32 Å². The summed E-state index contributed by atoms with van der Waals surface area (Å²) >= 11 is 0. The molecule has 124 valence electrons. The number of carbonyl (C=O) groups is 1. The molecule has 0 bridgehead atoms. The van der Waals surface area contributed by atoms with E-state index in [-0.39, 0.29) is 6.03 Å². The number of hydrogen-bond acceptors (Lipinski definition) is 6. The second-order valence-corrected chi connectivity index (χ2v) is 5.69. The Kier molecular flexibility index (Phi) is 3.42. The second kappa shape index (κ2) is 5.60. The highest BCUT2D eigenvalue weighted by atomic mass is 16.3. The molecule has 4 heterocycles. The highest BCUT2D eigenvalue weighted by molar-refractivity contribution is 5.89. The fraction of sp³-hybridized carbons (Fsp3) is 0.333. The number of furan rings is 1. The Bertz CT molecular complexity index is 888. The fourth-order valence-corrected chi connectivity index (χ4v) is 2.74. The third-order valence-electron chi connectivity index (χ3n) is 3.86. The number of anilines is 1. The van der Waals surface area contributed by atoms with Crippen LogP contribution in [0.1, 0.15) is 12.2 Å². The summed E-state index contributed by atoms with van der Waals surface area (Å²) in [6.45, 7) is 2.62. The minimum Gasteiger partial charge on any atom is -0.461 e. The standard InChI is InChI=1S/C15H16N6O3/c1-9-16-13-7-12(18-15(23)20-5-4-10(22)8-20)17-14(21(13)19-9)11-3-2-6-24-11/h2-3,6-7,10,22H,4-5,8H2,1H3,(H,18,23)/t10-/m1/s1. The lowest BCUT2D eigenvalue weighted by Crippen LogP contribution is -2.33. The number of β-amino-alcohol motifs (C(OH)–C–C–N with tert-alkyl or cyclic N) is 1. The van der Waals surface area contributed by atoms with Gasteiger partial charge in [-0.3, -0.25) is 5.32 Å². The summed E-state index contributed by atoms with van der Waals surface area (Å²) in [6, 6.07) is 4.87. The highest BCUT2D eigenvalue weighted by Crippen LogP contribution is 2.22. The number of urea groups is 1. The number of fused-ring (bicyclic) bond motifs is 1. The van der Waals surface area contributed by atoms with Crippen LogP contribution >= 0.6 is 0 Å². The van der Waals surface area contributed by atoms with Gasteiger partial charge >= 0.3 is 6.03 Å². The maximum atomic E-state index is 12.3. The van der Waals surface area contributed by atoms with Crippen LogP contribution in [0.2, 0.25) is 0 Å². The van der Waals surface area contributed by atoms with Gasteiger partial charge in [0, 0.05) is 19.2 Å². The number of hydrogen-bond donors (Lipinski definition) is 2. The van der Waals surface area contributed by atoms with Gasteiger partial charge in [0.25, 0.3) is 0 Å². The Balaban J connectivity index is 1.70. The molecule has 0 spiro atoms. The van der Waals surface area contributed by atoms with E-state index < -0.39 is 6.10 Å². The topological polar surface area (TPSA) is 109 Å². The minimum atomic E-state index is -0.469. The Hall–Kier alpha value is -2.94. The second-order valence-electron chi connectivity index (χ2n) is 5.69. The minimum absolute atomic E-state index is 0.301. The van der Waals surface area contributed by atoms with Crippen molar-refractivity contribution < 1.29 is 14.3 Å². The first-order chi connectivity index (χ1) is 11.6. The largest absolute Gasteiger partial charge is 0.461 e. The molecule has 0 aliphatic carbocycles. The Labute approximate surface area is 136 Å². The average molecular weight is 328 g/mol. The number of likely N-dealkylation sites (tertiary alicyclic amines) is 1. The van der Waals surface area contributed by atoms with Crippen molar-refractivity contribution in [3.63, 3.8) is 0 Å². The van der Waals surface area contributed by atoms with Crippen LogP contribution in [0.4, 0.5) is 10.6 Å². The first kappa shape index (κ1) is 14.6. The van der Waals surface area contributed by atoms with Gasteiger partial charge in [0.15, 0.2) is 11.4 Å². The number of amides is 2. The van der Waals surface area contributed by atoms with Crippen molar-refractivity contribution in [2.75, 3.05) is 18.4 Å². The van der Waals surface area contributed by atoms with Gasteiger partial charge in [0.05, 0.1) is 12.4 Å². The van der Waals surface area contributed by atoms with E-state index in [4.69, 9.17) is 4.42 Å². The molecule has 1 saturated heterocycles. The summed E-state index contributed by atoms with van der Waals surface area (Å²) in [7, 11) is 0. The molecule has 1 aliphatic rings. The molecular formula is C15H16N6O3. The molecule has 2 N–H and O–H groups in total. The van der Waals surface area contributed by atoms with Crippen molar-refractivity contribution in [2.24, 2.45) is 0 Å². The van der Waals surface area contributed by atoms with Gasteiger partial charge in [0.1, 0.15) is 11.6 Å². The molecule has 0 unspecified atom stereocenters. The molecule has 2 amide bonds. The lowest BCUT2D eigenvalue weighted by molar-refractivity contribution is 0.176. The van der Waals surface area contributed by atoms with Gasteiger partial charge in [-0.15, -0.1) is 5.10 Å². The van der Waals surface area contributed by atoms with Gasteiger partial charge in [0.2, 0.25) is 5.82 Å².